The molecule has 0 saturated carbocycles. The average Bonchev–Trinajstić information content (AvgIpc) is 2.71. The average molecular weight is 472 g/mol. The number of carbonyl (C=O) groups is 2. The van der Waals surface area contributed by atoms with E-state index < -0.39 is 6.04 Å². The molecule has 1 N–H and O–H groups in total. The predicted octanol–water partition coefficient (Wildman–Crippen LogP) is 5.36. The maximum Gasteiger partial charge on any atom is 0.261 e. The van der Waals surface area contributed by atoms with Crippen LogP contribution in [0.2, 0.25) is 15.1 Å². The van der Waals surface area contributed by atoms with Crippen molar-refractivity contribution >= 4 is 46.6 Å². The van der Waals surface area contributed by atoms with Gasteiger partial charge in [0.1, 0.15) is 11.8 Å². The van der Waals surface area contributed by atoms with Crippen molar-refractivity contribution in [3.63, 3.8) is 0 Å². The van der Waals surface area contributed by atoms with Crippen molar-refractivity contribution < 1.29 is 14.3 Å². The highest BCUT2D eigenvalue weighted by Crippen LogP contribution is 2.24. The minimum Gasteiger partial charge on any atom is -0.484 e. The van der Waals surface area contributed by atoms with Crippen molar-refractivity contribution in [1.82, 2.24) is 10.2 Å². The molecule has 0 aliphatic rings. The SMILES string of the molecule is CCCNC(=O)C(CC)N(Cc1ccc(Cl)cc1Cl)C(=O)COc1cccc(Cl)c1. The van der Waals surface area contributed by atoms with E-state index in [0.717, 1.165) is 6.42 Å². The van der Waals surface area contributed by atoms with E-state index in [2.05, 4.69) is 5.32 Å². The van der Waals surface area contributed by atoms with Gasteiger partial charge in [-0.15, -0.1) is 0 Å². The van der Waals surface area contributed by atoms with Gasteiger partial charge in [-0.1, -0.05) is 60.8 Å². The molecule has 0 fully saturated rings. The first-order valence-corrected chi connectivity index (χ1v) is 10.9. The molecular weight excluding hydrogens is 447 g/mol. The molecule has 0 aliphatic carbocycles. The predicted molar refractivity (Wildman–Crippen MR) is 121 cm³/mol. The molecule has 2 rings (SSSR count). The van der Waals surface area contributed by atoms with Gasteiger partial charge in [0.25, 0.3) is 5.91 Å². The number of amides is 2. The van der Waals surface area contributed by atoms with Crippen LogP contribution in [0.4, 0.5) is 0 Å². The van der Waals surface area contributed by atoms with E-state index in [9.17, 15) is 9.59 Å². The van der Waals surface area contributed by atoms with Crippen molar-refractivity contribution in [3.05, 3.63) is 63.1 Å². The van der Waals surface area contributed by atoms with E-state index in [-0.39, 0.29) is 25.0 Å². The van der Waals surface area contributed by atoms with Gasteiger partial charge < -0.3 is 15.0 Å². The molecule has 8 heteroatoms. The lowest BCUT2D eigenvalue weighted by Crippen LogP contribution is -2.50. The number of nitrogens with one attached hydrogen (secondary N) is 1. The summed E-state index contributed by atoms with van der Waals surface area (Å²) in [5.74, 6) is -0.0659. The Morgan fingerprint density at radius 2 is 1.80 bits per heavy atom. The number of rotatable bonds is 10. The van der Waals surface area contributed by atoms with E-state index in [1.54, 1.807) is 42.5 Å². The summed E-state index contributed by atoms with van der Waals surface area (Å²) in [5, 5.41) is 4.30. The van der Waals surface area contributed by atoms with Crippen LogP contribution in [0.15, 0.2) is 42.5 Å². The highest BCUT2D eigenvalue weighted by molar-refractivity contribution is 6.35. The zero-order valence-electron chi connectivity index (χ0n) is 17.0. The summed E-state index contributed by atoms with van der Waals surface area (Å²) in [7, 11) is 0. The Labute approximate surface area is 192 Å². The molecule has 162 valence electrons. The van der Waals surface area contributed by atoms with E-state index in [4.69, 9.17) is 39.5 Å². The van der Waals surface area contributed by atoms with Crippen LogP contribution in [0.25, 0.3) is 0 Å². The fourth-order valence-electron chi connectivity index (χ4n) is 2.90. The maximum absolute atomic E-state index is 13.1. The molecule has 0 spiro atoms. The molecule has 0 aromatic heterocycles. The molecule has 2 amide bonds. The van der Waals surface area contributed by atoms with Gasteiger partial charge in [0, 0.05) is 28.2 Å². The van der Waals surface area contributed by atoms with Crippen molar-refractivity contribution in [2.24, 2.45) is 0 Å². The molecule has 0 bridgehead atoms. The summed E-state index contributed by atoms with van der Waals surface area (Å²) in [6.07, 6.45) is 1.25. The molecule has 1 atom stereocenters. The third kappa shape index (κ3) is 7.08. The van der Waals surface area contributed by atoms with Gasteiger partial charge in [0.05, 0.1) is 0 Å². The van der Waals surface area contributed by atoms with Crippen molar-refractivity contribution in [3.8, 4) is 5.75 Å². The second-order valence-corrected chi connectivity index (χ2v) is 8.00. The van der Waals surface area contributed by atoms with E-state index in [1.807, 2.05) is 13.8 Å². The molecule has 2 aromatic rings. The first kappa shape index (κ1) is 24.3. The van der Waals surface area contributed by atoms with Gasteiger partial charge in [0.2, 0.25) is 5.91 Å². The molecule has 0 heterocycles. The quantitative estimate of drug-likeness (QED) is 0.507. The molecule has 0 radical (unpaired) electrons. The number of benzene rings is 2. The summed E-state index contributed by atoms with van der Waals surface area (Å²) in [6, 6.07) is 11.2. The Hall–Kier alpha value is -1.95. The molecule has 30 heavy (non-hydrogen) atoms. The summed E-state index contributed by atoms with van der Waals surface area (Å²) >= 11 is 18.3. The Kier molecular flexibility index (Phi) is 9.76. The Bertz CT molecular complexity index is 876. The minimum absolute atomic E-state index is 0.159. The zero-order valence-corrected chi connectivity index (χ0v) is 19.2. The molecule has 0 saturated heterocycles. The van der Waals surface area contributed by atoms with E-state index in [0.29, 0.717) is 39.3 Å². The maximum atomic E-state index is 13.1. The van der Waals surface area contributed by atoms with Crippen LogP contribution in [0.1, 0.15) is 32.3 Å². The second-order valence-electron chi connectivity index (χ2n) is 6.72. The van der Waals surface area contributed by atoms with Crippen LogP contribution >= 0.6 is 34.8 Å². The molecular formula is C22H25Cl3N2O3. The number of hydrogen-bond donors (Lipinski definition) is 1. The topological polar surface area (TPSA) is 58.6 Å². The van der Waals surface area contributed by atoms with Crippen LogP contribution in [0.3, 0.4) is 0 Å². The third-order valence-corrected chi connectivity index (χ3v) is 5.27. The molecule has 1 unspecified atom stereocenters. The molecule has 5 nitrogen and oxygen atoms in total. The Balaban J connectivity index is 2.23. The number of halogens is 3. The van der Waals surface area contributed by atoms with E-state index in [1.165, 1.54) is 4.90 Å². The number of carbonyl (C=O) groups excluding carboxylic acids is 2. The van der Waals surface area contributed by atoms with Gasteiger partial charge in [-0.05, 0) is 48.7 Å². The van der Waals surface area contributed by atoms with Crippen molar-refractivity contribution in [2.45, 2.75) is 39.3 Å². The van der Waals surface area contributed by atoms with Crippen LogP contribution in [0.5, 0.6) is 5.75 Å². The fourth-order valence-corrected chi connectivity index (χ4v) is 3.55. The number of ether oxygens (including phenoxy) is 1. The largest absolute Gasteiger partial charge is 0.484 e. The highest BCUT2D eigenvalue weighted by Gasteiger charge is 2.29. The Morgan fingerprint density at radius 1 is 1.07 bits per heavy atom. The fraction of sp³-hybridized carbons (Fsp3) is 0.364. The zero-order chi connectivity index (χ0) is 22.1. The third-order valence-electron chi connectivity index (χ3n) is 4.45. The minimum atomic E-state index is -0.654. The normalized spacial score (nSPS) is 11.6. The van der Waals surface area contributed by atoms with Gasteiger partial charge in [-0.3, -0.25) is 9.59 Å². The van der Waals surface area contributed by atoms with Crippen molar-refractivity contribution in [1.29, 1.82) is 0 Å². The lowest BCUT2D eigenvalue weighted by Gasteiger charge is -2.31. The summed E-state index contributed by atoms with van der Waals surface area (Å²) < 4.78 is 5.61. The van der Waals surface area contributed by atoms with E-state index >= 15 is 0 Å². The smallest absolute Gasteiger partial charge is 0.261 e. The van der Waals surface area contributed by atoms with Gasteiger partial charge in [0.15, 0.2) is 6.61 Å². The summed E-state index contributed by atoms with van der Waals surface area (Å²) in [4.78, 5) is 27.3. The number of hydrogen-bond acceptors (Lipinski definition) is 3. The van der Waals surface area contributed by atoms with Crippen molar-refractivity contribution in [2.75, 3.05) is 13.2 Å². The first-order valence-electron chi connectivity index (χ1n) is 9.75. The first-order chi connectivity index (χ1) is 14.3. The van der Waals surface area contributed by atoms with Crippen LogP contribution in [-0.2, 0) is 16.1 Å². The Morgan fingerprint density at radius 3 is 2.43 bits per heavy atom. The number of nitrogens with zero attached hydrogens (tertiary/aromatic N) is 1. The van der Waals surface area contributed by atoms with Gasteiger partial charge >= 0.3 is 0 Å². The van der Waals surface area contributed by atoms with Crippen LogP contribution in [0, 0.1) is 0 Å². The molecule has 2 aromatic carbocycles. The van der Waals surface area contributed by atoms with Gasteiger partial charge in [-0.2, -0.15) is 0 Å². The lowest BCUT2D eigenvalue weighted by atomic mass is 10.1. The monoisotopic (exact) mass is 470 g/mol. The summed E-state index contributed by atoms with van der Waals surface area (Å²) in [6.45, 7) is 4.29. The summed E-state index contributed by atoms with van der Waals surface area (Å²) in [5.41, 5.74) is 0.693. The standard InChI is InChI=1S/C22H25Cl3N2O3/c1-3-10-26-22(29)20(4-2)27(13-15-8-9-17(24)12-19(15)25)21(28)14-30-18-7-5-6-16(23)11-18/h5-9,11-12,20H,3-4,10,13-14H2,1-2H3,(H,26,29). The van der Waals surface area contributed by atoms with Crippen LogP contribution < -0.4 is 10.1 Å². The van der Waals surface area contributed by atoms with Crippen LogP contribution in [-0.4, -0.2) is 35.9 Å². The lowest BCUT2D eigenvalue weighted by molar-refractivity contribution is -0.143. The van der Waals surface area contributed by atoms with Gasteiger partial charge in [-0.25, -0.2) is 0 Å². The molecule has 0 aliphatic heterocycles. The second kappa shape index (κ2) is 12.0. The highest BCUT2D eigenvalue weighted by atomic mass is 35.5.